The van der Waals surface area contributed by atoms with Gasteiger partial charge in [-0.25, -0.2) is 12.7 Å². The maximum atomic E-state index is 12.3. The lowest BCUT2D eigenvalue weighted by Crippen LogP contribution is -2.45. The average molecular weight is 354 g/mol. The Balaban J connectivity index is 1.87. The average Bonchev–Trinajstić information content (AvgIpc) is 2.61. The number of ether oxygens (including phenoxy) is 1. The largest absolute Gasteiger partial charge is 0.494 e. The van der Waals surface area contributed by atoms with E-state index in [1.165, 1.54) is 4.31 Å². The molecule has 134 valence electrons. The van der Waals surface area contributed by atoms with E-state index in [0.29, 0.717) is 19.7 Å². The van der Waals surface area contributed by atoms with Gasteiger partial charge in [-0.15, -0.1) is 0 Å². The quantitative estimate of drug-likeness (QED) is 0.810. The third-order valence-corrected chi connectivity index (χ3v) is 6.06. The zero-order valence-electron chi connectivity index (χ0n) is 14.3. The van der Waals surface area contributed by atoms with Crippen LogP contribution in [-0.4, -0.2) is 44.1 Å². The normalized spacial score (nSPS) is 19.0. The molecule has 2 rings (SSSR count). The van der Waals surface area contributed by atoms with Crippen LogP contribution >= 0.6 is 0 Å². The summed E-state index contributed by atoms with van der Waals surface area (Å²) in [6.45, 7) is 5.41. The molecule has 1 saturated heterocycles. The Labute approximate surface area is 144 Å². The van der Waals surface area contributed by atoms with Crippen molar-refractivity contribution in [1.82, 2.24) is 9.62 Å². The highest BCUT2D eigenvalue weighted by atomic mass is 32.2. The molecule has 0 unspecified atom stereocenters. The molecule has 0 aromatic heterocycles. The minimum atomic E-state index is -3.23. The summed E-state index contributed by atoms with van der Waals surface area (Å²) in [6, 6.07) is 7.59. The molecule has 0 spiro atoms. The van der Waals surface area contributed by atoms with E-state index in [4.69, 9.17) is 4.74 Å². The first kappa shape index (κ1) is 18.7. The number of sulfonamides is 1. The van der Waals surface area contributed by atoms with E-state index in [1.54, 1.807) is 6.92 Å². The molecule has 24 heavy (non-hydrogen) atoms. The van der Waals surface area contributed by atoms with E-state index in [1.807, 2.05) is 31.2 Å². The summed E-state index contributed by atoms with van der Waals surface area (Å²) in [4.78, 5) is 12.3. The van der Waals surface area contributed by atoms with Crippen LogP contribution in [0.5, 0.6) is 5.75 Å². The molecular formula is C17H26N2O4S. The van der Waals surface area contributed by atoms with Gasteiger partial charge in [0.2, 0.25) is 15.9 Å². The molecule has 0 radical (unpaired) electrons. The molecule has 1 aliphatic heterocycles. The fourth-order valence-corrected chi connectivity index (χ4v) is 3.97. The summed E-state index contributed by atoms with van der Waals surface area (Å²) in [6.07, 6.45) is 1.45. The van der Waals surface area contributed by atoms with E-state index in [9.17, 15) is 13.2 Å². The van der Waals surface area contributed by atoms with Crippen molar-refractivity contribution < 1.29 is 17.9 Å². The topological polar surface area (TPSA) is 75.7 Å². The highest BCUT2D eigenvalue weighted by molar-refractivity contribution is 7.89. The monoisotopic (exact) mass is 354 g/mol. The van der Waals surface area contributed by atoms with Crippen molar-refractivity contribution in [1.29, 1.82) is 0 Å². The summed E-state index contributed by atoms with van der Waals surface area (Å²) < 4.78 is 30.8. The molecule has 0 bridgehead atoms. The number of benzene rings is 1. The molecule has 0 aliphatic carbocycles. The Bertz CT molecular complexity index is 643. The van der Waals surface area contributed by atoms with Gasteiger partial charge in [0.05, 0.1) is 18.3 Å². The molecule has 1 aromatic rings. The van der Waals surface area contributed by atoms with E-state index >= 15 is 0 Å². The van der Waals surface area contributed by atoms with Crippen LogP contribution in [0.3, 0.4) is 0 Å². The molecule has 1 heterocycles. The summed E-state index contributed by atoms with van der Waals surface area (Å²) in [5, 5.41) is 2.91. The molecule has 1 N–H and O–H groups in total. The van der Waals surface area contributed by atoms with Gasteiger partial charge in [-0.05, 0) is 44.4 Å². The van der Waals surface area contributed by atoms with E-state index in [0.717, 1.165) is 24.2 Å². The van der Waals surface area contributed by atoms with Crippen LogP contribution < -0.4 is 10.1 Å². The van der Waals surface area contributed by atoms with Gasteiger partial charge in [-0.3, -0.25) is 4.79 Å². The van der Waals surface area contributed by atoms with Crippen LogP contribution in [0.1, 0.15) is 32.3 Å². The minimum absolute atomic E-state index is 0.0769. The third-order valence-electron chi connectivity index (χ3n) is 4.21. The summed E-state index contributed by atoms with van der Waals surface area (Å²) >= 11 is 0. The van der Waals surface area contributed by atoms with Crippen LogP contribution in [0.2, 0.25) is 0 Å². The molecule has 1 atom stereocenters. The van der Waals surface area contributed by atoms with E-state index < -0.39 is 10.0 Å². The highest BCUT2D eigenvalue weighted by Gasteiger charge is 2.31. The molecule has 7 heteroatoms. The van der Waals surface area contributed by atoms with Gasteiger partial charge in [-0.1, -0.05) is 12.1 Å². The van der Waals surface area contributed by atoms with Crippen molar-refractivity contribution in [2.45, 2.75) is 33.2 Å². The standard InChI is InChI=1S/C17H26N2O4S/c1-3-23-16-9-7-14(8-10-16)12-18-17(20)15-6-5-11-19(13-15)24(21,22)4-2/h7-10,15H,3-6,11-13H2,1-2H3,(H,18,20)/t15-/m1/s1. The van der Waals surface area contributed by atoms with Crippen LogP contribution in [0.4, 0.5) is 0 Å². The van der Waals surface area contributed by atoms with Crippen LogP contribution in [0.15, 0.2) is 24.3 Å². The Kier molecular flexibility index (Phi) is 6.62. The second-order valence-corrected chi connectivity index (χ2v) is 8.15. The van der Waals surface area contributed by atoms with Crippen molar-refractivity contribution in [2.75, 3.05) is 25.4 Å². The van der Waals surface area contributed by atoms with Crippen molar-refractivity contribution in [3.05, 3.63) is 29.8 Å². The summed E-state index contributed by atoms with van der Waals surface area (Å²) in [5.74, 6) is 0.524. The first-order valence-corrected chi connectivity index (χ1v) is 10.0. The minimum Gasteiger partial charge on any atom is -0.494 e. The van der Waals surface area contributed by atoms with Crippen LogP contribution in [0, 0.1) is 5.92 Å². The van der Waals surface area contributed by atoms with E-state index in [-0.39, 0.29) is 24.1 Å². The van der Waals surface area contributed by atoms with Gasteiger partial charge in [0.1, 0.15) is 5.75 Å². The van der Waals surface area contributed by atoms with Crippen LogP contribution in [0.25, 0.3) is 0 Å². The number of amides is 1. The summed E-state index contributed by atoms with van der Waals surface area (Å²) in [7, 11) is -3.23. The number of hydrogen-bond donors (Lipinski definition) is 1. The van der Waals surface area contributed by atoms with Crippen molar-refractivity contribution in [3.8, 4) is 5.75 Å². The van der Waals surface area contributed by atoms with Gasteiger partial charge < -0.3 is 10.1 Å². The first-order chi connectivity index (χ1) is 11.5. The molecule has 1 amide bonds. The number of piperidine rings is 1. The molecule has 6 nitrogen and oxygen atoms in total. The lowest BCUT2D eigenvalue weighted by Gasteiger charge is -2.30. The zero-order valence-corrected chi connectivity index (χ0v) is 15.1. The second-order valence-electron chi connectivity index (χ2n) is 5.89. The predicted molar refractivity (Wildman–Crippen MR) is 93.2 cm³/mol. The molecule has 1 aliphatic rings. The fraction of sp³-hybridized carbons (Fsp3) is 0.588. The van der Waals surface area contributed by atoms with Crippen molar-refractivity contribution in [3.63, 3.8) is 0 Å². The van der Waals surface area contributed by atoms with Gasteiger partial charge in [0, 0.05) is 19.6 Å². The van der Waals surface area contributed by atoms with Crippen molar-refractivity contribution in [2.24, 2.45) is 5.92 Å². The first-order valence-electron chi connectivity index (χ1n) is 8.43. The Hall–Kier alpha value is -1.60. The third kappa shape index (κ3) is 4.95. The van der Waals surface area contributed by atoms with Crippen LogP contribution in [-0.2, 0) is 21.4 Å². The summed E-state index contributed by atoms with van der Waals surface area (Å²) in [5.41, 5.74) is 0.987. The number of carbonyl (C=O) groups is 1. The SMILES string of the molecule is CCOc1ccc(CNC(=O)[C@@H]2CCCN(S(=O)(=O)CC)C2)cc1. The number of hydrogen-bond acceptors (Lipinski definition) is 4. The number of nitrogens with zero attached hydrogens (tertiary/aromatic N) is 1. The Morgan fingerprint density at radius 3 is 2.62 bits per heavy atom. The maximum absolute atomic E-state index is 12.3. The van der Waals surface area contributed by atoms with Gasteiger partial charge in [-0.2, -0.15) is 0 Å². The van der Waals surface area contributed by atoms with Gasteiger partial charge in [0.25, 0.3) is 0 Å². The Morgan fingerprint density at radius 2 is 2.00 bits per heavy atom. The smallest absolute Gasteiger partial charge is 0.224 e. The number of rotatable bonds is 7. The number of carbonyl (C=O) groups excluding carboxylic acids is 1. The molecular weight excluding hydrogens is 328 g/mol. The lowest BCUT2D eigenvalue weighted by atomic mass is 9.99. The van der Waals surface area contributed by atoms with Crippen molar-refractivity contribution >= 4 is 15.9 Å². The lowest BCUT2D eigenvalue weighted by molar-refractivity contribution is -0.126. The fourth-order valence-electron chi connectivity index (χ4n) is 2.80. The van der Waals surface area contributed by atoms with E-state index in [2.05, 4.69) is 5.32 Å². The van der Waals surface area contributed by atoms with Gasteiger partial charge >= 0.3 is 0 Å². The predicted octanol–water partition coefficient (Wildman–Crippen LogP) is 1.76. The Morgan fingerprint density at radius 1 is 1.29 bits per heavy atom. The maximum Gasteiger partial charge on any atom is 0.224 e. The molecule has 1 aromatic carbocycles. The molecule has 1 fully saturated rings. The number of nitrogens with one attached hydrogen (secondary N) is 1. The molecule has 0 saturated carbocycles. The zero-order chi connectivity index (χ0) is 17.6. The highest BCUT2D eigenvalue weighted by Crippen LogP contribution is 2.20. The van der Waals surface area contributed by atoms with Gasteiger partial charge in [0.15, 0.2) is 0 Å². The second kappa shape index (κ2) is 8.48.